The first kappa shape index (κ1) is 6.81. The quantitative estimate of drug-likeness (QED) is 0.486. The Morgan fingerprint density at radius 1 is 1.80 bits per heavy atom. The van der Waals surface area contributed by atoms with Crippen LogP contribution < -0.4 is 0 Å². The fraction of sp³-hybridized carbons (Fsp3) is 0.429. The van der Waals surface area contributed by atoms with Gasteiger partial charge in [0.05, 0.1) is 6.07 Å². The van der Waals surface area contributed by atoms with Gasteiger partial charge in [-0.3, -0.25) is 4.79 Å². The Bertz CT molecular complexity index is 202. The second-order valence-corrected chi connectivity index (χ2v) is 2.19. The minimum Gasteiger partial charge on any atom is -0.341 e. The summed E-state index contributed by atoms with van der Waals surface area (Å²) in [5, 5.41) is 8.42. The molecule has 3 nitrogen and oxygen atoms in total. The molecule has 0 atom stereocenters. The highest BCUT2D eigenvalue weighted by Crippen LogP contribution is 2.06. The van der Waals surface area contributed by atoms with Crippen molar-refractivity contribution < 1.29 is 4.79 Å². The monoisotopic (exact) mass is 136 g/mol. The predicted molar refractivity (Wildman–Crippen MR) is 36.0 cm³/mol. The maximum Gasteiger partial charge on any atom is 0.209 e. The summed E-state index contributed by atoms with van der Waals surface area (Å²) in [6.07, 6.45) is 3.30. The SMILES string of the molecule is N#CC1=CCN(C=O)CC1. The van der Waals surface area contributed by atoms with Crippen LogP contribution in [0.5, 0.6) is 0 Å². The highest BCUT2D eigenvalue weighted by molar-refractivity contribution is 5.48. The highest BCUT2D eigenvalue weighted by Gasteiger charge is 2.07. The Hall–Kier alpha value is -1.30. The van der Waals surface area contributed by atoms with Gasteiger partial charge in [0.1, 0.15) is 0 Å². The number of nitriles is 1. The van der Waals surface area contributed by atoms with E-state index in [1.165, 1.54) is 0 Å². The standard InChI is InChI=1S/C7H8N2O/c8-5-7-1-3-9(6-10)4-2-7/h1,6H,2-4H2. The van der Waals surface area contributed by atoms with Gasteiger partial charge in [-0.05, 0) is 6.42 Å². The van der Waals surface area contributed by atoms with Gasteiger partial charge in [0.15, 0.2) is 0 Å². The lowest BCUT2D eigenvalue weighted by Crippen LogP contribution is -2.26. The molecule has 0 saturated carbocycles. The van der Waals surface area contributed by atoms with Crippen molar-refractivity contribution in [3.05, 3.63) is 11.6 Å². The number of carbonyl (C=O) groups excluding carboxylic acids is 1. The van der Waals surface area contributed by atoms with E-state index in [1.807, 2.05) is 0 Å². The van der Waals surface area contributed by atoms with E-state index >= 15 is 0 Å². The second-order valence-electron chi connectivity index (χ2n) is 2.19. The molecule has 0 aromatic carbocycles. The van der Waals surface area contributed by atoms with Gasteiger partial charge >= 0.3 is 0 Å². The smallest absolute Gasteiger partial charge is 0.209 e. The van der Waals surface area contributed by atoms with Crippen molar-refractivity contribution in [1.82, 2.24) is 4.90 Å². The van der Waals surface area contributed by atoms with Gasteiger partial charge in [-0.25, -0.2) is 0 Å². The van der Waals surface area contributed by atoms with E-state index in [1.54, 1.807) is 11.0 Å². The highest BCUT2D eigenvalue weighted by atomic mass is 16.1. The van der Waals surface area contributed by atoms with Gasteiger partial charge in [0.25, 0.3) is 0 Å². The topological polar surface area (TPSA) is 44.1 Å². The molecular formula is C7H8N2O. The van der Waals surface area contributed by atoms with Crippen LogP contribution in [0, 0.1) is 11.3 Å². The van der Waals surface area contributed by atoms with Crippen LogP contribution in [0.25, 0.3) is 0 Å². The third-order valence-corrected chi connectivity index (χ3v) is 1.53. The molecule has 1 aliphatic heterocycles. The molecular weight excluding hydrogens is 128 g/mol. The molecule has 0 aliphatic carbocycles. The molecule has 0 fully saturated rings. The molecule has 0 N–H and O–H groups in total. The van der Waals surface area contributed by atoms with Crippen molar-refractivity contribution in [3.63, 3.8) is 0 Å². The number of amides is 1. The maximum absolute atomic E-state index is 10.2. The molecule has 1 aliphatic rings. The van der Waals surface area contributed by atoms with Crippen LogP contribution >= 0.6 is 0 Å². The summed E-state index contributed by atoms with van der Waals surface area (Å²) >= 11 is 0. The van der Waals surface area contributed by atoms with Gasteiger partial charge in [0, 0.05) is 18.7 Å². The van der Waals surface area contributed by atoms with Gasteiger partial charge in [0.2, 0.25) is 6.41 Å². The Morgan fingerprint density at radius 3 is 3.00 bits per heavy atom. The fourth-order valence-corrected chi connectivity index (χ4v) is 0.882. The minimum absolute atomic E-state index is 0.590. The number of hydrogen-bond donors (Lipinski definition) is 0. The van der Waals surface area contributed by atoms with Gasteiger partial charge in [-0.1, -0.05) is 6.08 Å². The van der Waals surface area contributed by atoms with Crippen LogP contribution in [-0.4, -0.2) is 24.4 Å². The number of carbonyl (C=O) groups is 1. The van der Waals surface area contributed by atoms with Crippen molar-refractivity contribution in [2.45, 2.75) is 6.42 Å². The first-order valence-electron chi connectivity index (χ1n) is 3.15. The summed E-state index contributed by atoms with van der Waals surface area (Å²) in [6.45, 7) is 1.27. The Morgan fingerprint density at radius 2 is 2.60 bits per heavy atom. The molecule has 1 heterocycles. The molecule has 0 bridgehead atoms. The zero-order valence-corrected chi connectivity index (χ0v) is 5.58. The van der Waals surface area contributed by atoms with Crippen LogP contribution in [0.3, 0.4) is 0 Å². The van der Waals surface area contributed by atoms with Crippen molar-refractivity contribution in [2.75, 3.05) is 13.1 Å². The maximum atomic E-state index is 10.2. The summed E-state index contributed by atoms with van der Waals surface area (Å²) in [5.41, 5.74) is 0.790. The summed E-state index contributed by atoms with van der Waals surface area (Å²) in [6, 6.07) is 2.07. The van der Waals surface area contributed by atoms with Crippen molar-refractivity contribution in [1.29, 1.82) is 5.26 Å². The van der Waals surface area contributed by atoms with E-state index in [9.17, 15) is 4.79 Å². The van der Waals surface area contributed by atoms with Gasteiger partial charge in [-0.15, -0.1) is 0 Å². The normalized spacial score (nSPS) is 17.5. The average molecular weight is 136 g/mol. The minimum atomic E-state index is 0.590. The largest absolute Gasteiger partial charge is 0.341 e. The molecule has 0 aromatic heterocycles. The van der Waals surface area contributed by atoms with E-state index in [2.05, 4.69) is 6.07 Å². The molecule has 10 heavy (non-hydrogen) atoms. The van der Waals surface area contributed by atoms with Crippen LogP contribution in [0.4, 0.5) is 0 Å². The van der Waals surface area contributed by atoms with E-state index in [0.717, 1.165) is 12.0 Å². The van der Waals surface area contributed by atoms with E-state index < -0.39 is 0 Å². The van der Waals surface area contributed by atoms with Gasteiger partial charge in [-0.2, -0.15) is 5.26 Å². The third kappa shape index (κ3) is 1.35. The van der Waals surface area contributed by atoms with Crippen molar-refractivity contribution >= 4 is 6.41 Å². The zero-order valence-electron chi connectivity index (χ0n) is 5.58. The number of hydrogen-bond acceptors (Lipinski definition) is 2. The molecule has 0 saturated heterocycles. The molecule has 1 amide bonds. The van der Waals surface area contributed by atoms with Gasteiger partial charge < -0.3 is 4.90 Å². The summed E-state index contributed by atoms with van der Waals surface area (Å²) in [7, 11) is 0. The van der Waals surface area contributed by atoms with Crippen LogP contribution in [0.2, 0.25) is 0 Å². The van der Waals surface area contributed by atoms with E-state index in [-0.39, 0.29) is 0 Å². The van der Waals surface area contributed by atoms with Crippen molar-refractivity contribution in [3.8, 4) is 6.07 Å². The zero-order chi connectivity index (χ0) is 7.40. The average Bonchev–Trinajstić information content (AvgIpc) is 2.05. The number of nitrogens with zero attached hydrogens (tertiary/aromatic N) is 2. The second kappa shape index (κ2) is 3.02. The molecule has 0 spiro atoms. The van der Waals surface area contributed by atoms with Crippen LogP contribution in [-0.2, 0) is 4.79 Å². The fourth-order valence-electron chi connectivity index (χ4n) is 0.882. The summed E-state index contributed by atoms with van der Waals surface area (Å²) in [5.74, 6) is 0. The Labute approximate surface area is 59.5 Å². The first-order chi connectivity index (χ1) is 4.86. The molecule has 0 aromatic rings. The lowest BCUT2D eigenvalue weighted by molar-refractivity contribution is -0.117. The Kier molecular flexibility index (Phi) is 2.06. The molecule has 0 unspecified atom stereocenters. The Balaban J connectivity index is 2.53. The molecule has 0 radical (unpaired) electrons. The lowest BCUT2D eigenvalue weighted by Gasteiger charge is -2.18. The van der Waals surface area contributed by atoms with Crippen molar-refractivity contribution in [2.24, 2.45) is 0 Å². The summed E-state index contributed by atoms with van der Waals surface area (Å²) < 4.78 is 0. The van der Waals surface area contributed by atoms with E-state index in [0.29, 0.717) is 19.5 Å². The third-order valence-electron chi connectivity index (χ3n) is 1.53. The molecule has 52 valence electrons. The predicted octanol–water partition coefficient (Wildman–Crippen LogP) is 0.298. The van der Waals surface area contributed by atoms with Crippen LogP contribution in [0.1, 0.15) is 6.42 Å². The van der Waals surface area contributed by atoms with Crippen LogP contribution in [0.15, 0.2) is 11.6 Å². The first-order valence-corrected chi connectivity index (χ1v) is 3.15. The lowest BCUT2D eigenvalue weighted by atomic mass is 10.1. The number of rotatable bonds is 1. The van der Waals surface area contributed by atoms with E-state index in [4.69, 9.17) is 5.26 Å². The summed E-state index contributed by atoms with van der Waals surface area (Å²) in [4.78, 5) is 11.8. The molecule has 1 rings (SSSR count). The molecule has 3 heteroatoms.